The quantitative estimate of drug-likeness (QED) is 0.761. The second-order valence-corrected chi connectivity index (χ2v) is 8.40. The predicted octanol–water partition coefficient (Wildman–Crippen LogP) is 4.85. The van der Waals surface area contributed by atoms with Crippen LogP contribution >= 0.6 is 0 Å². The molecule has 3 rings (SSSR count). The molecule has 1 N–H and O–H groups in total. The second-order valence-electron chi connectivity index (χ2n) is 8.40. The molecular weight excluding hydrogens is 360 g/mol. The summed E-state index contributed by atoms with van der Waals surface area (Å²) in [7, 11) is 0. The fraction of sp³-hybridized carbons (Fsp3) is 0.500. The number of nitrogens with one attached hydrogen (secondary N) is 1. The Morgan fingerprint density at radius 3 is 2.21 bits per heavy atom. The normalized spacial score (nSPS) is 15.2. The molecule has 1 fully saturated rings. The number of piperazine rings is 1. The average molecular weight is 395 g/mol. The van der Waals surface area contributed by atoms with Gasteiger partial charge in [0.1, 0.15) is 5.69 Å². The fourth-order valence-electron chi connectivity index (χ4n) is 3.89. The van der Waals surface area contributed by atoms with Crippen molar-refractivity contribution in [2.24, 2.45) is 0 Å². The summed E-state index contributed by atoms with van der Waals surface area (Å²) in [5.74, 6) is 0.841. The molecule has 156 valence electrons. The standard InChI is InChI=1S/C24H34N4O/c1-6-27-12-14-28(15-13-27)24(29)22-16-19(10-11-25-22)26-23-20(17(2)3)8-7-9-21(23)18(4)5/h7-11,16-18H,6,12-15H2,1-5H3,(H,25,26). The Hall–Kier alpha value is -2.40. The van der Waals surface area contributed by atoms with Crippen LogP contribution in [0.15, 0.2) is 36.5 Å². The molecule has 0 saturated carbocycles. The highest BCUT2D eigenvalue weighted by molar-refractivity contribution is 5.93. The number of likely N-dealkylation sites (N-methyl/N-ethyl adjacent to an activating group) is 1. The number of carbonyl (C=O) groups is 1. The van der Waals surface area contributed by atoms with Crippen LogP contribution in [0, 0.1) is 0 Å². The predicted molar refractivity (Wildman–Crippen MR) is 120 cm³/mol. The molecule has 1 aromatic heterocycles. The van der Waals surface area contributed by atoms with Crippen molar-refractivity contribution in [1.29, 1.82) is 0 Å². The SMILES string of the molecule is CCN1CCN(C(=O)c2cc(Nc3c(C(C)C)cccc3C(C)C)ccn2)CC1. The summed E-state index contributed by atoms with van der Waals surface area (Å²) in [6.07, 6.45) is 1.73. The average Bonchev–Trinajstić information content (AvgIpc) is 2.73. The van der Waals surface area contributed by atoms with Gasteiger partial charge in [-0.15, -0.1) is 0 Å². The van der Waals surface area contributed by atoms with Gasteiger partial charge in [0.15, 0.2) is 0 Å². The van der Waals surface area contributed by atoms with Gasteiger partial charge in [-0.3, -0.25) is 9.78 Å². The molecule has 0 atom stereocenters. The first-order valence-corrected chi connectivity index (χ1v) is 10.8. The summed E-state index contributed by atoms with van der Waals surface area (Å²) in [5, 5.41) is 3.60. The first kappa shape index (κ1) is 21.3. The van der Waals surface area contributed by atoms with Crippen molar-refractivity contribution in [3.63, 3.8) is 0 Å². The van der Waals surface area contributed by atoms with Crippen LogP contribution in [-0.4, -0.2) is 53.4 Å². The van der Waals surface area contributed by atoms with Gasteiger partial charge in [0.05, 0.1) is 0 Å². The minimum Gasteiger partial charge on any atom is -0.355 e. The van der Waals surface area contributed by atoms with E-state index in [9.17, 15) is 4.79 Å². The van der Waals surface area contributed by atoms with Crippen molar-refractivity contribution >= 4 is 17.3 Å². The first-order chi connectivity index (χ1) is 13.9. The van der Waals surface area contributed by atoms with Crippen LogP contribution in [0.1, 0.15) is 68.1 Å². The number of amides is 1. The molecule has 0 bridgehead atoms. The number of benzene rings is 1. The third-order valence-electron chi connectivity index (χ3n) is 5.73. The smallest absolute Gasteiger partial charge is 0.272 e. The van der Waals surface area contributed by atoms with Gasteiger partial charge in [-0.25, -0.2) is 0 Å². The zero-order valence-corrected chi connectivity index (χ0v) is 18.4. The van der Waals surface area contributed by atoms with E-state index in [2.05, 4.69) is 68.0 Å². The van der Waals surface area contributed by atoms with E-state index in [1.807, 2.05) is 17.0 Å². The van der Waals surface area contributed by atoms with Gasteiger partial charge >= 0.3 is 0 Å². The van der Waals surface area contributed by atoms with Crippen LogP contribution in [-0.2, 0) is 0 Å². The number of para-hydroxylation sites is 1. The number of hydrogen-bond donors (Lipinski definition) is 1. The molecule has 0 radical (unpaired) electrons. The lowest BCUT2D eigenvalue weighted by Gasteiger charge is -2.33. The number of nitrogens with zero attached hydrogens (tertiary/aromatic N) is 3. The van der Waals surface area contributed by atoms with Crippen molar-refractivity contribution in [3.05, 3.63) is 53.3 Å². The van der Waals surface area contributed by atoms with Crippen LogP contribution in [0.3, 0.4) is 0 Å². The molecule has 1 saturated heterocycles. The Morgan fingerprint density at radius 2 is 1.66 bits per heavy atom. The van der Waals surface area contributed by atoms with Gasteiger partial charge in [-0.2, -0.15) is 0 Å². The maximum atomic E-state index is 13.0. The van der Waals surface area contributed by atoms with Gasteiger partial charge < -0.3 is 15.1 Å². The Balaban J connectivity index is 1.83. The number of rotatable bonds is 6. The molecule has 0 spiro atoms. The summed E-state index contributed by atoms with van der Waals surface area (Å²) in [6.45, 7) is 15.4. The Labute approximate surface area is 175 Å². The molecular formula is C24H34N4O. The number of carbonyl (C=O) groups excluding carboxylic acids is 1. The molecule has 0 aliphatic carbocycles. The molecule has 5 heteroatoms. The highest BCUT2D eigenvalue weighted by Gasteiger charge is 2.22. The summed E-state index contributed by atoms with van der Waals surface area (Å²) in [4.78, 5) is 21.6. The Kier molecular flexibility index (Phi) is 6.91. The third-order valence-corrected chi connectivity index (χ3v) is 5.73. The van der Waals surface area contributed by atoms with Gasteiger partial charge in [0, 0.05) is 43.8 Å². The zero-order chi connectivity index (χ0) is 21.0. The lowest BCUT2D eigenvalue weighted by atomic mass is 9.92. The minimum atomic E-state index is 0.0191. The fourth-order valence-corrected chi connectivity index (χ4v) is 3.89. The maximum absolute atomic E-state index is 13.0. The summed E-state index contributed by atoms with van der Waals surface area (Å²) >= 11 is 0. The third kappa shape index (κ3) is 4.96. The van der Waals surface area contributed by atoms with Gasteiger partial charge in [0.2, 0.25) is 0 Å². The van der Waals surface area contributed by atoms with Crippen LogP contribution in [0.25, 0.3) is 0 Å². The lowest BCUT2D eigenvalue weighted by molar-refractivity contribution is 0.0637. The zero-order valence-electron chi connectivity index (χ0n) is 18.4. The molecule has 1 amide bonds. The number of pyridine rings is 1. The monoisotopic (exact) mass is 394 g/mol. The van der Waals surface area contributed by atoms with Crippen LogP contribution in [0.5, 0.6) is 0 Å². The van der Waals surface area contributed by atoms with Crippen molar-refractivity contribution in [3.8, 4) is 0 Å². The highest BCUT2D eigenvalue weighted by atomic mass is 16.2. The van der Waals surface area contributed by atoms with E-state index in [1.165, 1.54) is 11.1 Å². The Morgan fingerprint density at radius 1 is 1.03 bits per heavy atom. The second kappa shape index (κ2) is 9.40. The van der Waals surface area contributed by atoms with Gasteiger partial charge in [-0.1, -0.05) is 52.8 Å². The van der Waals surface area contributed by atoms with Crippen molar-refractivity contribution in [2.45, 2.75) is 46.5 Å². The van der Waals surface area contributed by atoms with Gasteiger partial charge in [-0.05, 0) is 41.6 Å². The van der Waals surface area contributed by atoms with Crippen molar-refractivity contribution in [1.82, 2.24) is 14.8 Å². The van der Waals surface area contributed by atoms with E-state index in [0.717, 1.165) is 44.1 Å². The highest BCUT2D eigenvalue weighted by Crippen LogP contribution is 2.34. The summed E-state index contributed by atoms with van der Waals surface area (Å²) in [6, 6.07) is 10.3. The van der Waals surface area contributed by atoms with Crippen LogP contribution in [0.2, 0.25) is 0 Å². The van der Waals surface area contributed by atoms with E-state index in [1.54, 1.807) is 6.20 Å². The molecule has 2 heterocycles. The van der Waals surface area contributed by atoms with E-state index in [0.29, 0.717) is 17.5 Å². The van der Waals surface area contributed by atoms with Crippen molar-refractivity contribution in [2.75, 3.05) is 38.0 Å². The van der Waals surface area contributed by atoms with E-state index >= 15 is 0 Å². The molecule has 5 nitrogen and oxygen atoms in total. The van der Waals surface area contributed by atoms with Crippen LogP contribution in [0.4, 0.5) is 11.4 Å². The molecule has 2 aromatic rings. The molecule has 29 heavy (non-hydrogen) atoms. The molecule has 0 unspecified atom stereocenters. The topological polar surface area (TPSA) is 48.5 Å². The molecule has 1 aromatic carbocycles. The van der Waals surface area contributed by atoms with Gasteiger partial charge in [0.25, 0.3) is 5.91 Å². The largest absolute Gasteiger partial charge is 0.355 e. The first-order valence-electron chi connectivity index (χ1n) is 10.8. The van der Waals surface area contributed by atoms with E-state index in [4.69, 9.17) is 0 Å². The summed E-state index contributed by atoms with van der Waals surface area (Å²) in [5.41, 5.74) is 5.14. The van der Waals surface area contributed by atoms with Crippen molar-refractivity contribution < 1.29 is 4.79 Å². The minimum absolute atomic E-state index is 0.0191. The number of hydrogen-bond acceptors (Lipinski definition) is 4. The molecule has 1 aliphatic rings. The number of anilines is 2. The van der Waals surface area contributed by atoms with E-state index < -0.39 is 0 Å². The van der Waals surface area contributed by atoms with Crippen LogP contribution < -0.4 is 5.32 Å². The van der Waals surface area contributed by atoms with E-state index in [-0.39, 0.29) is 5.91 Å². The molecule has 1 aliphatic heterocycles. The lowest BCUT2D eigenvalue weighted by Crippen LogP contribution is -2.48. The Bertz CT molecular complexity index is 812. The number of aromatic nitrogens is 1. The summed E-state index contributed by atoms with van der Waals surface area (Å²) < 4.78 is 0. The maximum Gasteiger partial charge on any atom is 0.272 e.